The van der Waals surface area contributed by atoms with Gasteiger partial charge in [0.05, 0.1) is 10.9 Å². The van der Waals surface area contributed by atoms with E-state index in [1.54, 1.807) is 13.0 Å². The minimum absolute atomic E-state index is 0.148. The summed E-state index contributed by atoms with van der Waals surface area (Å²) >= 11 is 0. The van der Waals surface area contributed by atoms with Gasteiger partial charge in [-0.3, -0.25) is 4.79 Å². The zero-order valence-electron chi connectivity index (χ0n) is 10.6. The van der Waals surface area contributed by atoms with E-state index >= 15 is 0 Å². The molecule has 20 heavy (non-hydrogen) atoms. The Morgan fingerprint density at radius 1 is 1.00 bits per heavy atom. The molecule has 1 heterocycles. The number of fused-ring (bicyclic) bond motifs is 1. The summed E-state index contributed by atoms with van der Waals surface area (Å²) in [5.41, 5.74) is 0.618. The number of hydrogen-bond acceptors (Lipinski definition) is 2. The van der Waals surface area contributed by atoms with Gasteiger partial charge in [0.15, 0.2) is 0 Å². The summed E-state index contributed by atoms with van der Waals surface area (Å²) in [5, 5.41) is 0.148. The van der Waals surface area contributed by atoms with Gasteiger partial charge in [0.25, 0.3) is 0 Å². The van der Waals surface area contributed by atoms with Gasteiger partial charge in [-0.2, -0.15) is 0 Å². The van der Waals surface area contributed by atoms with Crippen molar-refractivity contribution in [3.63, 3.8) is 0 Å². The molecule has 0 unspecified atom stereocenters. The molecule has 0 N–H and O–H groups in total. The molecular weight excluding hydrogens is 262 g/mol. The van der Waals surface area contributed by atoms with Crippen LogP contribution in [-0.2, 0) is 0 Å². The second-order valence-corrected chi connectivity index (χ2v) is 4.51. The fourth-order valence-electron chi connectivity index (χ4n) is 2.26. The maximum atomic E-state index is 13.3. The number of benzene rings is 2. The van der Waals surface area contributed by atoms with Crippen LogP contribution in [0.5, 0.6) is 0 Å². The molecule has 0 bridgehead atoms. The fourth-order valence-corrected chi connectivity index (χ4v) is 2.26. The van der Waals surface area contributed by atoms with E-state index in [1.165, 1.54) is 30.3 Å². The zero-order valence-corrected chi connectivity index (χ0v) is 10.6. The summed E-state index contributed by atoms with van der Waals surface area (Å²) in [5.74, 6) is -0.584. The molecule has 2 aromatic carbocycles. The lowest BCUT2D eigenvalue weighted by molar-refractivity contribution is 0.564. The molecule has 0 fully saturated rings. The third kappa shape index (κ3) is 1.99. The molecule has 0 amide bonds. The standard InChI is InChI=1S/C16H10F2O2/c1-9-15(10-3-2-4-11(17)7-10)16(19)13-8-12(18)5-6-14(13)20-9/h2-8H,1H3. The molecule has 0 aliphatic rings. The van der Waals surface area contributed by atoms with Crippen LogP contribution in [0.2, 0.25) is 0 Å². The van der Waals surface area contributed by atoms with E-state index < -0.39 is 11.6 Å². The van der Waals surface area contributed by atoms with Crippen LogP contribution in [0.1, 0.15) is 5.76 Å². The number of halogens is 2. The Labute approximate surface area is 113 Å². The molecule has 0 aliphatic carbocycles. The lowest BCUT2D eigenvalue weighted by Crippen LogP contribution is -2.07. The molecule has 3 aromatic rings. The van der Waals surface area contributed by atoms with Crippen molar-refractivity contribution in [2.45, 2.75) is 6.92 Å². The van der Waals surface area contributed by atoms with Crippen LogP contribution in [0.4, 0.5) is 8.78 Å². The molecule has 3 rings (SSSR count). The third-order valence-electron chi connectivity index (χ3n) is 3.14. The molecule has 100 valence electrons. The van der Waals surface area contributed by atoms with E-state index in [4.69, 9.17) is 4.42 Å². The Kier molecular flexibility index (Phi) is 2.86. The van der Waals surface area contributed by atoms with Gasteiger partial charge in [-0.05, 0) is 42.8 Å². The van der Waals surface area contributed by atoms with Crippen LogP contribution in [0.15, 0.2) is 51.7 Å². The van der Waals surface area contributed by atoms with Crippen LogP contribution >= 0.6 is 0 Å². The quantitative estimate of drug-likeness (QED) is 0.669. The summed E-state index contributed by atoms with van der Waals surface area (Å²) < 4.78 is 32.1. The van der Waals surface area contributed by atoms with E-state index in [0.29, 0.717) is 16.9 Å². The molecule has 1 aromatic heterocycles. The second-order valence-electron chi connectivity index (χ2n) is 4.51. The van der Waals surface area contributed by atoms with Crippen molar-refractivity contribution in [2.75, 3.05) is 0 Å². The number of rotatable bonds is 1. The van der Waals surface area contributed by atoms with Crippen LogP contribution in [-0.4, -0.2) is 0 Å². The summed E-state index contributed by atoms with van der Waals surface area (Å²) in [4.78, 5) is 12.5. The first-order valence-corrected chi connectivity index (χ1v) is 6.05. The predicted octanol–water partition coefficient (Wildman–Crippen LogP) is 4.05. The van der Waals surface area contributed by atoms with E-state index in [0.717, 1.165) is 6.07 Å². The smallest absolute Gasteiger partial charge is 0.200 e. The minimum Gasteiger partial charge on any atom is -0.460 e. The highest BCUT2D eigenvalue weighted by Gasteiger charge is 2.14. The average Bonchev–Trinajstić information content (AvgIpc) is 2.40. The SMILES string of the molecule is Cc1oc2ccc(F)cc2c(=O)c1-c1cccc(F)c1. The van der Waals surface area contributed by atoms with Crippen LogP contribution in [0.25, 0.3) is 22.1 Å². The van der Waals surface area contributed by atoms with Crippen LogP contribution in [0, 0.1) is 18.6 Å². The van der Waals surface area contributed by atoms with Gasteiger partial charge in [-0.1, -0.05) is 12.1 Å². The maximum Gasteiger partial charge on any atom is 0.200 e. The van der Waals surface area contributed by atoms with Gasteiger partial charge in [-0.25, -0.2) is 8.78 Å². The fraction of sp³-hybridized carbons (Fsp3) is 0.0625. The zero-order chi connectivity index (χ0) is 14.3. The summed E-state index contributed by atoms with van der Waals surface area (Å²) in [6, 6.07) is 9.45. The van der Waals surface area contributed by atoms with Crippen molar-refractivity contribution in [3.05, 3.63) is 70.1 Å². The lowest BCUT2D eigenvalue weighted by atomic mass is 10.0. The van der Waals surface area contributed by atoms with Crippen molar-refractivity contribution in [1.82, 2.24) is 0 Å². The first-order valence-electron chi connectivity index (χ1n) is 6.05. The molecular formula is C16H10F2O2. The molecule has 0 aliphatic heterocycles. The van der Waals surface area contributed by atoms with Crippen LogP contribution < -0.4 is 5.43 Å². The predicted molar refractivity (Wildman–Crippen MR) is 72.6 cm³/mol. The largest absolute Gasteiger partial charge is 0.460 e. The normalized spacial score (nSPS) is 10.9. The van der Waals surface area contributed by atoms with E-state index in [1.807, 2.05) is 0 Å². The molecule has 0 saturated heterocycles. The van der Waals surface area contributed by atoms with Gasteiger partial charge in [0.2, 0.25) is 5.43 Å². The number of hydrogen-bond donors (Lipinski definition) is 0. The summed E-state index contributed by atoms with van der Waals surface area (Å²) in [7, 11) is 0. The Bertz CT molecular complexity index is 866. The van der Waals surface area contributed by atoms with Crippen molar-refractivity contribution >= 4 is 11.0 Å². The third-order valence-corrected chi connectivity index (χ3v) is 3.14. The highest BCUT2D eigenvalue weighted by Crippen LogP contribution is 2.24. The first-order chi connectivity index (χ1) is 9.56. The molecule has 0 spiro atoms. The summed E-state index contributed by atoms with van der Waals surface area (Å²) in [6.07, 6.45) is 0. The van der Waals surface area contributed by atoms with E-state index in [2.05, 4.69) is 0 Å². The Balaban J connectivity index is 2.39. The molecule has 4 heteroatoms. The Hall–Kier alpha value is -2.49. The van der Waals surface area contributed by atoms with E-state index in [9.17, 15) is 13.6 Å². The van der Waals surface area contributed by atoms with Crippen molar-refractivity contribution < 1.29 is 13.2 Å². The highest BCUT2D eigenvalue weighted by molar-refractivity contribution is 5.82. The second kappa shape index (κ2) is 4.56. The van der Waals surface area contributed by atoms with Gasteiger partial charge >= 0.3 is 0 Å². The topological polar surface area (TPSA) is 30.2 Å². The molecule has 2 nitrogen and oxygen atoms in total. The molecule has 0 atom stereocenters. The maximum absolute atomic E-state index is 13.3. The van der Waals surface area contributed by atoms with Gasteiger partial charge in [0.1, 0.15) is 23.0 Å². The van der Waals surface area contributed by atoms with Gasteiger partial charge in [0, 0.05) is 0 Å². The van der Waals surface area contributed by atoms with Gasteiger partial charge < -0.3 is 4.42 Å². The lowest BCUT2D eigenvalue weighted by Gasteiger charge is -2.07. The highest BCUT2D eigenvalue weighted by atomic mass is 19.1. The van der Waals surface area contributed by atoms with Crippen molar-refractivity contribution in [1.29, 1.82) is 0 Å². The van der Waals surface area contributed by atoms with Crippen LogP contribution in [0.3, 0.4) is 0 Å². The Morgan fingerprint density at radius 3 is 2.50 bits per heavy atom. The van der Waals surface area contributed by atoms with Gasteiger partial charge in [-0.15, -0.1) is 0 Å². The van der Waals surface area contributed by atoms with Crippen molar-refractivity contribution in [2.24, 2.45) is 0 Å². The molecule has 0 saturated carbocycles. The van der Waals surface area contributed by atoms with E-state index in [-0.39, 0.29) is 16.4 Å². The monoisotopic (exact) mass is 272 g/mol. The minimum atomic E-state index is -0.515. The van der Waals surface area contributed by atoms with Crippen molar-refractivity contribution in [3.8, 4) is 11.1 Å². The average molecular weight is 272 g/mol. The molecule has 0 radical (unpaired) electrons. The number of aryl methyl sites for hydroxylation is 1. The summed E-state index contributed by atoms with van der Waals surface area (Å²) in [6.45, 7) is 1.63. The first kappa shape index (κ1) is 12.5. The Morgan fingerprint density at radius 2 is 1.75 bits per heavy atom.